The monoisotopic (exact) mass is 422 g/mol. The molecule has 0 aliphatic rings. The number of aryl methyl sites for hydroxylation is 2. The zero-order valence-corrected chi connectivity index (χ0v) is 19.0. The molecule has 1 heteroatoms. The van der Waals surface area contributed by atoms with Gasteiger partial charge in [-0.3, -0.25) is 4.79 Å². The van der Waals surface area contributed by atoms with Crippen molar-refractivity contribution in [3.05, 3.63) is 119 Å². The van der Waals surface area contributed by atoms with E-state index in [-0.39, 0.29) is 5.78 Å². The third kappa shape index (κ3) is 8.15. The van der Waals surface area contributed by atoms with Gasteiger partial charge in [-0.2, -0.15) is 0 Å². The van der Waals surface area contributed by atoms with Crippen LogP contribution in [-0.4, -0.2) is 5.78 Å². The normalized spacial score (nSPS) is 11.0. The smallest absolute Gasteiger partial charge is 0.185 e. The van der Waals surface area contributed by atoms with Gasteiger partial charge in [-0.1, -0.05) is 123 Å². The molecule has 0 saturated carbocycles. The first-order valence-electron chi connectivity index (χ1n) is 11.8. The third-order valence-electron chi connectivity index (χ3n) is 5.86. The Labute approximate surface area is 193 Å². The Morgan fingerprint density at radius 3 is 1.66 bits per heavy atom. The molecule has 0 spiro atoms. The minimum absolute atomic E-state index is 0.0419. The van der Waals surface area contributed by atoms with Gasteiger partial charge >= 0.3 is 0 Å². The lowest BCUT2D eigenvalue weighted by molar-refractivity contribution is 0.104. The number of allylic oxidation sites excluding steroid dienone is 1. The van der Waals surface area contributed by atoms with Gasteiger partial charge in [0.25, 0.3) is 0 Å². The van der Waals surface area contributed by atoms with Crippen molar-refractivity contribution in [3.8, 4) is 0 Å². The van der Waals surface area contributed by atoms with Crippen LogP contribution in [0.5, 0.6) is 0 Å². The summed E-state index contributed by atoms with van der Waals surface area (Å²) in [6, 6.07) is 26.7. The standard InChI is InChI=1S/C31H34O/c1-2-26-16-18-27(19-17-26)12-8-5-3-4-6-9-13-28-20-22-29(23-21-28)24-25-31(32)30-14-10-7-11-15-30/h2,7,10-11,14-25H,1,3-6,8-9,12-13H2. The van der Waals surface area contributed by atoms with Gasteiger partial charge in [-0.05, 0) is 54.0 Å². The van der Waals surface area contributed by atoms with Crippen LogP contribution >= 0.6 is 0 Å². The van der Waals surface area contributed by atoms with Crippen molar-refractivity contribution >= 4 is 17.9 Å². The quantitative estimate of drug-likeness (QED) is 0.154. The van der Waals surface area contributed by atoms with Crippen LogP contribution in [0.3, 0.4) is 0 Å². The average Bonchev–Trinajstić information content (AvgIpc) is 2.85. The van der Waals surface area contributed by atoms with Gasteiger partial charge in [-0.15, -0.1) is 0 Å². The number of carbonyl (C=O) groups excluding carboxylic acids is 1. The van der Waals surface area contributed by atoms with Crippen molar-refractivity contribution < 1.29 is 4.79 Å². The number of hydrogen-bond donors (Lipinski definition) is 0. The molecule has 1 nitrogen and oxygen atoms in total. The number of benzene rings is 3. The maximum Gasteiger partial charge on any atom is 0.185 e. The van der Waals surface area contributed by atoms with E-state index in [9.17, 15) is 4.79 Å². The van der Waals surface area contributed by atoms with E-state index in [1.807, 2.05) is 42.5 Å². The highest BCUT2D eigenvalue weighted by Crippen LogP contribution is 2.14. The molecule has 0 aliphatic carbocycles. The molecule has 0 aromatic heterocycles. The van der Waals surface area contributed by atoms with Crippen molar-refractivity contribution in [1.29, 1.82) is 0 Å². The second-order valence-corrected chi connectivity index (χ2v) is 8.37. The summed E-state index contributed by atoms with van der Waals surface area (Å²) >= 11 is 0. The highest BCUT2D eigenvalue weighted by Gasteiger charge is 2.00. The number of hydrogen-bond acceptors (Lipinski definition) is 1. The maximum absolute atomic E-state index is 12.2. The molecule has 3 aromatic rings. The highest BCUT2D eigenvalue weighted by molar-refractivity contribution is 6.06. The molecule has 3 aromatic carbocycles. The lowest BCUT2D eigenvalue weighted by Crippen LogP contribution is -1.92. The Hall–Kier alpha value is -3.19. The van der Waals surface area contributed by atoms with E-state index in [2.05, 4.69) is 55.1 Å². The van der Waals surface area contributed by atoms with Crippen molar-refractivity contribution in [2.24, 2.45) is 0 Å². The van der Waals surface area contributed by atoms with Crippen LogP contribution in [0.15, 0.2) is 91.5 Å². The molecule has 0 radical (unpaired) electrons. The van der Waals surface area contributed by atoms with Gasteiger partial charge in [0, 0.05) is 5.56 Å². The molecule has 0 amide bonds. The molecular weight excluding hydrogens is 388 g/mol. The van der Waals surface area contributed by atoms with Gasteiger partial charge < -0.3 is 0 Å². The number of unbranched alkanes of at least 4 members (excludes halogenated alkanes) is 5. The van der Waals surface area contributed by atoms with Gasteiger partial charge in [0.05, 0.1) is 0 Å². The fourth-order valence-electron chi connectivity index (χ4n) is 3.85. The van der Waals surface area contributed by atoms with E-state index in [0.29, 0.717) is 0 Å². The van der Waals surface area contributed by atoms with E-state index in [4.69, 9.17) is 0 Å². The summed E-state index contributed by atoms with van der Waals surface area (Å²) < 4.78 is 0. The van der Waals surface area contributed by atoms with Gasteiger partial charge in [0.2, 0.25) is 0 Å². The molecule has 0 aliphatic heterocycles. The molecule has 164 valence electrons. The largest absolute Gasteiger partial charge is 0.289 e. The summed E-state index contributed by atoms with van der Waals surface area (Å²) in [6.07, 6.45) is 15.5. The van der Waals surface area contributed by atoms with E-state index < -0.39 is 0 Å². The SMILES string of the molecule is C=Cc1ccc(CCCCCCCCc2ccc(C=CC(=O)c3ccccc3)cc2)cc1. The summed E-state index contributed by atoms with van der Waals surface area (Å²) in [6.45, 7) is 3.80. The van der Waals surface area contributed by atoms with Gasteiger partial charge in [-0.25, -0.2) is 0 Å². The number of ketones is 1. The maximum atomic E-state index is 12.2. The molecule has 0 heterocycles. The Bertz CT molecular complexity index is 979. The highest BCUT2D eigenvalue weighted by atomic mass is 16.1. The van der Waals surface area contributed by atoms with Crippen LogP contribution in [0.4, 0.5) is 0 Å². The van der Waals surface area contributed by atoms with Crippen LogP contribution in [0.25, 0.3) is 12.2 Å². The predicted octanol–water partition coefficient (Wildman–Crippen LogP) is 8.35. The summed E-state index contributed by atoms with van der Waals surface area (Å²) in [5.41, 5.74) is 5.79. The summed E-state index contributed by atoms with van der Waals surface area (Å²) in [5, 5.41) is 0. The van der Waals surface area contributed by atoms with E-state index in [1.165, 1.54) is 61.6 Å². The van der Waals surface area contributed by atoms with Gasteiger partial charge in [0.15, 0.2) is 5.78 Å². The molecule has 3 rings (SSSR count). The zero-order chi connectivity index (χ0) is 22.4. The predicted molar refractivity (Wildman–Crippen MR) is 138 cm³/mol. The molecule has 0 atom stereocenters. The molecule has 0 bridgehead atoms. The summed E-state index contributed by atoms with van der Waals surface area (Å²) in [5.74, 6) is 0.0419. The zero-order valence-electron chi connectivity index (χ0n) is 19.0. The summed E-state index contributed by atoms with van der Waals surface area (Å²) in [4.78, 5) is 12.2. The Morgan fingerprint density at radius 2 is 1.12 bits per heavy atom. The molecule has 0 saturated heterocycles. The third-order valence-corrected chi connectivity index (χ3v) is 5.86. The number of carbonyl (C=O) groups is 1. The first-order valence-corrected chi connectivity index (χ1v) is 11.8. The average molecular weight is 423 g/mol. The Balaban J connectivity index is 1.27. The lowest BCUT2D eigenvalue weighted by Gasteiger charge is -2.04. The van der Waals surface area contributed by atoms with Crippen LogP contribution < -0.4 is 0 Å². The minimum atomic E-state index is 0.0419. The van der Waals surface area contributed by atoms with Crippen LogP contribution in [0.2, 0.25) is 0 Å². The van der Waals surface area contributed by atoms with Crippen molar-refractivity contribution in [1.82, 2.24) is 0 Å². The molecular formula is C31H34O. The van der Waals surface area contributed by atoms with Crippen molar-refractivity contribution in [2.45, 2.75) is 51.4 Å². The van der Waals surface area contributed by atoms with Crippen LogP contribution in [0.1, 0.15) is 71.1 Å². The Kier molecular flexibility index (Phi) is 9.73. The van der Waals surface area contributed by atoms with Crippen LogP contribution in [0, 0.1) is 0 Å². The lowest BCUT2D eigenvalue weighted by atomic mass is 10.0. The van der Waals surface area contributed by atoms with Gasteiger partial charge in [0.1, 0.15) is 0 Å². The molecule has 0 N–H and O–H groups in total. The fraction of sp³-hybridized carbons (Fsp3) is 0.258. The van der Waals surface area contributed by atoms with Crippen molar-refractivity contribution in [3.63, 3.8) is 0 Å². The van der Waals surface area contributed by atoms with E-state index in [1.54, 1.807) is 6.08 Å². The molecule has 0 unspecified atom stereocenters. The minimum Gasteiger partial charge on any atom is -0.289 e. The molecule has 32 heavy (non-hydrogen) atoms. The first-order chi connectivity index (χ1) is 15.7. The second kappa shape index (κ2) is 13.3. The van der Waals surface area contributed by atoms with E-state index >= 15 is 0 Å². The second-order valence-electron chi connectivity index (χ2n) is 8.37. The topological polar surface area (TPSA) is 17.1 Å². The molecule has 0 fully saturated rings. The van der Waals surface area contributed by atoms with Crippen molar-refractivity contribution in [2.75, 3.05) is 0 Å². The number of rotatable bonds is 13. The fourth-order valence-corrected chi connectivity index (χ4v) is 3.85. The van der Waals surface area contributed by atoms with E-state index in [0.717, 1.165) is 17.5 Å². The Morgan fingerprint density at radius 1 is 0.625 bits per heavy atom. The summed E-state index contributed by atoms with van der Waals surface area (Å²) in [7, 11) is 0. The van der Waals surface area contributed by atoms with Crippen LogP contribution in [-0.2, 0) is 12.8 Å². The first kappa shape index (κ1) is 23.5.